The molecule has 0 bridgehead atoms. The number of thioether (sulfide) groups is 1. The molecule has 0 aliphatic carbocycles. The maximum absolute atomic E-state index is 6.02. The van der Waals surface area contributed by atoms with Gasteiger partial charge in [0, 0.05) is 35.7 Å². The van der Waals surface area contributed by atoms with Crippen LogP contribution >= 0.6 is 35.8 Å². The van der Waals surface area contributed by atoms with E-state index in [0.29, 0.717) is 11.9 Å². The van der Waals surface area contributed by atoms with E-state index in [1.807, 2.05) is 30.0 Å². The quantitative estimate of drug-likeness (QED) is 0.385. The van der Waals surface area contributed by atoms with Gasteiger partial charge in [0.15, 0.2) is 11.5 Å². The molecule has 1 unspecified atom stereocenters. The third-order valence-electron chi connectivity index (χ3n) is 4.07. The predicted molar refractivity (Wildman–Crippen MR) is 115 cm³/mol. The Kier molecular flexibility index (Phi) is 10.9. The molecule has 0 spiro atoms. The van der Waals surface area contributed by atoms with Gasteiger partial charge >= 0.3 is 0 Å². The van der Waals surface area contributed by atoms with E-state index >= 15 is 0 Å². The van der Waals surface area contributed by atoms with E-state index in [2.05, 4.69) is 42.2 Å². The summed E-state index contributed by atoms with van der Waals surface area (Å²) in [4.78, 5) is 3.60. The number of hydrogen-bond donors (Lipinski definition) is 0. The zero-order valence-corrected chi connectivity index (χ0v) is 17.9. The van der Waals surface area contributed by atoms with Gasteiger partial charge in [-0.15, -0.1) is 35.8 Å². The van der Waals surface area contributed by atoms with E-state index in [4.69, 9.17) is 21.1 Å². The van der Waals surface area contributed by atoms with Gasteiger partial charge in [0.1, 0.15) is 0 Å². The van der Waals surface area contributed by atoms with Crippen molar-refractivity contribution in [1.82, 2.24) is 4.90 Å². The molecule has 2 rings (SSSR count). The van der Waals surface area contributed by atoms with Gasteiger partial charge in [0.05, 0.1) is 14.2 Å². The minimum absolute atomic E-state index is 0. The summed E-state index contributed by atoms with van der Waals surface area (Å²) in [6.45, 7) is 4.05. The number of benzene rings is 2. The second-order valence-electron chi connectivity index (χ2n) is 5.82. The summed E-state index contributed by atoms with van der Waals surface area (Å²) < 4.78 is 10.7. The molecule has 2 aromatic carbocycles. The van der Waals surface area contributed by atoms with Crippen LogP contribution in [0.2, 0.25) is 0 Å². The van der Waals surface area contributed by atoms with Crippen LogP contribution in [0.25, 0.3) is 0 Å². The molecule has 144 valence electrons. The number of hydrogen-bond acceptors (Lipinski definition) is 4. The monoisotopic (exact) mass is 415 g/mol. The van der Waals surface area contributed by atoms with Crippen molar-refractivity contribution in [3.05, 3.63) is 54.1 Å². The SMILES string of the molecule is COc1ccc(SCC(C)N(CCCl)Cc2ccccc2)cc1OC.Cl. The summed E-state index contributed by atoms with van der Waals surface area (Å²) >= 11 is 7.84. The van der Waals surface area contributed by atoms with Crippen molar-refractivity contribution in [2.75, 3.05) is 32.4 Å². The van der Waals surface area contributed by atoms with Crippen LogP contribution in [0.4, 0.5) is 0 Å². The zero-order chi connectivity index (χ0) is 18.1. The van der Waals surface area contributed by atoms with Gasteiger partial charge in [-0.25, -0.2) is 0 Å². The van der Waals surface area contributed by atoms with E-state index in [0.717, 1.165) is 30.3 Å². The standard InChI is InChI=1S/C20H26ClNO2S.ClH/c1-16(22(12-11-21)14-17-7-5-4-6-8-17)15-25-18-9-10-19(23-2)20(13-18)24-3;/h4-10,13,16H,11-12,14-15H2,1-3H3;1H. The Hall–Kier alpha value is -1.07. The smallest absolute Gasteiger partial charge is 0.161 e. The molecular formula is C20H27Cl2NO2S. The van der Waals surface area contributed by atoms with E-state index in [1.165, 1.54) is 10.5 Å². The molecule has 0 N–H and O–H groups in total. The third-order valence-corrected chi connectivity index (χ3v) is 5.48. The number of ether oxygens (including phenoxy) is 2. The average Bonchev–Trinajstić information content (AvgIpc) is 2.66. The lowest BCUT2D eigenvalue weighted by Crippen LogP contribution is -2.35. The van der Waals surface area contributed by atoms with Gasteiger partial charge in [-0.2, -0.15) is 0 Å². The Bertz CT molecular complexity index is 643. The number of nitrogens with zero attached hydrogens (tertiary/aromatic N) is 1. The molecular weight excluding hydrogens is 389 g/mol. The molecule has 0 aliphatic heterocycles. The highest BCUT2D eigenvalue weighted by Crippen LogP contribution is 2.32. The Balaban J connectivity index is 0.00000338. The zero-order valence-electron chi connectivity index (χ0n) is 15.5. The van der Waals surface area contributed by atoms with E-state index < -0.39 is 0 Å². The number of halogens is 2. The van der Waals surface area contributed by atoms with Crippen molar-refractivity contribution >= 4 is 35.8 Å². The molecule has 2 aromatic rings. The minimum atomic E-state index is 0. The summed E-state index contributed by atoms with van der Waals surface area (Å²) in [5.74, 6) is 3.15. The molecule has 0 saturated carbocycles. The van der Waals surface area contributed by atoms with Crippen LogP contribution in [-0.2, 0) is 6.54 Å². The largest absolute Gasteiger partial charge is 0.493 e. The Morgan fingerprint density at radius 2 is 1.73 bits per heavy atom. The molecule has 0 fully saturated rings. The van der Waals surface area contributed by atoms with Gasteiger partial charge in [-0.1, -0.05) is 30.3 Å². The summed E-state index contributed by atoms with van der Waals surface area (Å²) in [7, 11) is 3.32. The molecule has 0 aromatic heterocycles. The minimum Gasteiger partial charge on any atom is -0.493 e. The molecule has 3 nitrogen and oxygen atoms in total. The van der Waals surface area contributed by atoms with Crippen molar-refractivity contribution in [1.29, 1.82) is 0 Å². The van der Waals surface area contributed by atoms with Crippen LogP contribution in [0, 0.1) is 0 Å². The summed E-state index contributed by atoms with van der Waals surface area (Å²) in [5, 5.41) is 0. The fraction of sp³-hybridized carbons (Fsp3) is 0.400. The van der Waals surface area contributed by atoms with Gasteiger partial charge in [-0.3, -0.25) is 4.90 Å². The summed E-state index contributed by atoms with van der Waals surface area (Å²) in [6, 6.07) is 17.0. The van der Waals surface area contributed by atoms with Crippen molar-refractivity contribution < 1.29 is 9.47 Å². The maximum atomic E-state index is 6.02. The van der Waals surface area contributed by atoms with Crippen LogP contribution in [0.3, 0.4) is 0 Å². The topological polar surface area (TPSA) is 21.7 Å². The van der Waals surface area contributed by atoms with Gasteiger partial charge in [-0.05, 0) is 30.7 Å². The van der Waals surface area contributed by atoms with Crippen molar-refractivity contribution in [2.45, 2.75) is 24.4 Å². The van der Waals surface area contributed by atoms with Gasteiger partial charge in [0.25, 0.3) is 0 Å². The van der Waals surface area contributed by atoms with E-state index in [9.17, 15) is 0 Å². The highest BCUT2D eigenvalue weighted by atomic mass is 35.5. The van der Waals surface area contributed by atoms with Gasteiger partial charge in [0.2, 0.25) is 0 Å². The lowest BCUT2D eigenvalue weighted by atomic mass is 10.2. The predicted octanol–water partition coefficient (Wildman–Crippen LogP) is 5.35. The molecule has 26 heavy (non-hydrogen) atoms. The second-order valence-corrected chi connectivity index (χ2v) is 7.29. The first-order valence-corrected chi connectivity index (χ1v) is 9.88. The van der Waals surface area contributed by atoms with Crippen LogP contribution < -0.4 is 9.47 Å². The molecule has 1 atom stereocenters. The van der Waals surface area contributed by atoms with Crippen molar-refractivity contribution in [3.63, 3.8) is 0 Å². The van der Waals surface area contributed by atoms with Crippen molar-refractivity contribution in [3.8, 4) is 11.5 Å². The number of methoxy groups -OCH3 is 2. The normalized spacial score (nSPS) is 11.7. The third kappa shape index (κ3) is 6.92. The first-order valence-electron chi connectivity index (χ1n) is 8.36. The fourth-order valence-corrected chi connectivity index (χ4v) is 3.83. The summed E-state index contributed by atoms with van der Waals surface area (Å²) in [6.07, 6.45) is 0. The van der Waals surface area contributed by atoms with Crippen molar-refractivity contribution in [2.24, 2.45) is 0 Å². The average molecular weight is 416 g/mol. The van der Waals surface area contributed by atoms with Crippen LogP contribution in [0.1, 0.15) is 12.5 Å². The highest BCUT2D eigenvalue weighted by Gasteiger charge is 2.15. The molecule has 6 heteroatoms. The molecule has 0 amide bonds. The van der Waals surface area contributed by atoms with E-state index in [-0.39, 0.29) is 12.4 Å². The molecule has 0 saturated heterocycles. The molecule has 0 radical (unpaired) electrons. The Morgan fingerprint density at radius 1 is 1.04 bits per heavy atom. The van der Waals surface area contributed by atoms with Crippen LogP contribution in [0.15, 0.2) is 53.4 Å². The Morgan fingerprint density at radius 3 is 2.35 bits per heavy atom. The highest BCUT2D eigenvalue weighted by molar-refractivity contribution is 7.99. The lowest BCUT2D eigenvalue weighted by Gasteiger charge is -2.28. The number of alkyl halides is 1. The first-order chi connectivity index (χ1) is 12.2. The summed E-state index contributed by atoms with van der Waals surface area (Å²) in [5.41, 5.74) is 1.32. The lowest BCUT2D eigenvalue weighted by molar-refractivity contribution is 0.230. The molecule has 0 aliphatic rings. The first kappa shape index (κ1) is 23.0. The van der Waals surface area contributed by atoms with E-state index in [1.54, 1.807) is 14.2 Å². The fourth-order valence-electron chi connectivity index (χ4n) is 2.61. The molecule has 0 heterocycles. The number of rotatable bonds is 10. The second kappa shape index (κ2) is 12.3. The Labute approximate surface area is 172 Å². The van der Waals surface area contributed by atoms with Crippen LogP contribution in [0.5, 0.6) is 11.5 Å². The van der Waals surface area contributed by atoms with Gasteiger partial charge < -0.3 is 9.47 Å². The maximum Gasteiger partial charge on any atom is 0.161 e. The van der Waals surface area contributed by atoms with Crippen LogP contribution in [-0.4, -0.2) is 43.3 Å².